The van der Waals surface area contributed by atoms with Crippen molar-refractivity contribution in [3.63, 3.8) is 0 Å². The number of carbonyl (C=O) groups is 1. The highest BCUT2D eigenvalue weighted by atomic mass is 32.2. The van der Waals surface area contributed by atoms with Gasteiger partial charge in [0.1, 0.15) is 11.0 Å². The summed E-state index contributed by atoms with van der Waals surface area (Å²) in [7, 11) is 0. The number of hydrogen-bond donors (Lipinski definition) is 4. The van der Waals surface area contributed by atoms with Crippen LogP contribution in [0, 0.1) is 5.92 Å². The van der Waals surface area contributed by atoms with Gasteiger partial charge in [0.25, 0.3) is 5.56 Å². The van der Waals surface area contributed by atoms with Crippen LogP contribution in [0.4, 0.5) is 0 Å². The fourth-order valence-corrected chi connectivity index (χ4v) is 4.28. The lowest BCUT2D eigenvalue weighted by Gasteiger charge is -2.14. The van der Waals surface area contributed by atoms with Gasteiger partial charge in [0.05, 0.1) is 12.2 Å². The third-order valence-corrected chi connectivity index (χ3v) is 5.71. The van der Waals surface area contributed by atoms with Gasteiger partial charge in [-0.3, -0.25) is 9.59 Å². The van der Waals surface area contributed by atoms with E-state index in [-0.39, 0.29) is 17.5 Å². The van der Waals surface area contributed by atoms with E-state index in [1.165, 1.54) is 6.33 Å². The molecule has 4 N–H and O–H groups in total. The quantitative estimate of drug-likeness (QED) is 0.568. The second-order valence-corrected chi connectivity index (χ2v) is 7.45. The molecule has 0 spiro atoms. The van der Waals surface area contributed by atoms with Gasteiger partial charge in [0.2, 0.25) is 0 Å². The first kappa shape index (κ1) is 17.0. The number of fused-ring (bicyclic) bond motifs is 1. The molecule has 1 aliphatic heterocycles. The van der Waals surface area contributed by atoms with E-state index in [0.717, 1.165) is 35.4 Å². The Morgan fingerprint density at radius 2 is 2.29 bits per heavy atom. The molecule has 1 fully saturated rings. The van der Waals surface area contributed by atoms with Crippen LogP contribution in [0.3, 0.4) is 0 Å². The first-order valence-corrected chi connectivity index (χ1v) is 9.33. The minimum Gasteiger partial charge on any atom is -0.481 e. The van der Waals surface area contributed by atoms with E-state index in [1.54, 1.807) is 18.7 Å². The van der Waals surface area contributed by atoms with E-state index >= 15 is 0 Å². The smallest absolute Gasteiger partial charge is 0.306 e. The molecule has 7 nitrogen and oxygen atoms in total. The van der Waals surface area contributed by atoms with Crippen molar-refractivity contribution in [3.05, 3.63) is 28.4 Å². The molecule has 0 aromatic carbocycles. The molecule has 0 saturated carbocycles. The first-order chi connectivity index (χ1) is 11.6. The van der Waals surface area contributed by atoms with Gasteiger partial charge in [-0.25, -0.2) is 4.98 Å². The van der Waals surface area contributed by atoms with Gasteiger partial charge in [-0.2, -0.15) is 11.8 Å². The Hall–Kier alpha value is -1.80. The average Bonchev–Trinajstić information content (AvgIpc) is 3.18. The molecule has 2 aromatic rings. The first-order valence-electron chi connectivity index (χ1n) is 8.17. The summed E-state index contributed by atoms with van der Waals surface area (Å²) in [5.74, 6) is 0.827. The van der Waals surface area contributed by atoms with E-state index in [2.05, 4.69) is 20.3 Å². The topological polar surface area (TPSA) is 111 Å². The molecule has 3 rings (SSSR count). The van der Waals surface area contributed by atoms with Gasteiger partial charge in [0, 0.05) is 29.6 Å². The number of hydrogen-bond acceptors (Lipinski definition) is 5. The predicted octanol–water partition coefficient (Wildman–Crippen LogP) is 1.89. The maximum absolute atomic E-state index is 11.8. The number of aromatic amines is 2. The summed E-state index contributed by atoms with van der Waals surface area (Å²) in [6, 6.07) is 0.615. The molecule has 3 atom stereocenters. The minimum absolute atomic E-state index is 0.149. The summed E-state index contributed by atoms with van der Waals surface area (Å²) in [6.07, 6.45) is 6.09. The zero-order chi connectivity index (χ0) is 17.1. The van der Waals surface area contributed by atoms with E-state index in [1.807, 2.05) is 6.20 Å². The molecule has 0 radical (unpaired) electrons. The molecule has 3 heterocycles. The largest absolute Gasteiger partial charge is 0.481 e. The normalized spacial score (nSPS) is 22.0. The summed E-state index contributed by atoms with van der Waals surface area (Å²) in [6.45, 7) is 1.75. The Labute approximate surface area is 143 Å². The maximum Gasteiger partial charge on any atom is 0.306 e. The van der Waals surface area contributed by atoms with Crippen molar-refractivity contribution in [2.24, 2.45) is 5.92 Å². The lowest BCUT2D eigenvalue weighted by Crippen LogP contribution is -2.26. The van der Waals surface area contributed by atoms with E-state index in [9.17, 15) is 9.59 Å². The Morgan fingerprint density at radius 1 is 1.46 bits per heavy atom. The highest BCUT2D eigenvalue weighted by molar-refractivity contribution is 7.99. The number of thioether (sulfide) groups is 1. The third-order valence-electron chi connectivity index (χ3n) is 4.55. The summed E-state index contributed by atoms with van der Waals surface area (Å²) in [5, 5.41) is 12.5. The van der Waals surface area contributed by atoms with Gasteiger partial charge in [-0.1, -0.05) is 6.92 Å². The molecule has 1 aliphatic rings. The molecule has 0 bridgehead atoms. The maximum atomic E-state index is 11.8. The molecular weight excluding hydrogens is 328 g/mol. The predicted molar refractivity (Wildman–Crippen MR) is 94.4 cm³/mol. The number of aliphatic carboxylic acids is 1. The molecule has 2 aromatic heterocycles. The van der Waals surface area contributed by atoms with Crippen LogP contribution in [-0.2, 0) is 4.79 Å². The van der Waals surface area contributed by atoms with Gasteiger partial charge in [-0.05, 0) is 25.0 Å². The van der Waals surface area contributed by atoms with Crippen LogP contribution in [0.5, 0.6) is 0 Å². The molecule has 130 valence electrons. The summed E-state index contributed by atoms with van der Waals surface area (Å²) < 4.78 is 0. The molecule has 1 saturated heterocycles. The third kappa shape index (κ3) is 3.64. The van der Waals surface area contributed by atoms with Crippen molar-refractivity contribution in [1.82, 2.24) is 20.3 Å². The lowest BCUT2D eigenvalue weighted by atomic mass is 10.1. The number of carboxylic acid groups (broad SMARTS) is 1. The van der Waals surface area contributed by atoms with Gasteiger partial charge >= 0.3 is 5.97 Å². The number of rotatable bonds is 7. The van der Waals surface area contributed by atoms with Crippen LogP contribution >= 0.6 is 11.8 Å². The minimum atomic E-state index is -0.725. The fourth-order valence-electron chi connectivity index (χ4n) is 3.04. The number of nitrogens with zero attached hydrogens (tertiary/aromatic N) is 1. The van der Waals surface area contributed by atoms with Crippen LogP contribution in [0.1, 0.15) is 37.8 Å². The number of nitrogens with one attached hydrogen (secondary N) is 3. The summed E-state index contributed by atoms with van der Waals surface area (Å²) in [5.41, 5.74) is 2.15. The molecule has 0 amide bonds. The number of aromatic nitrogens is 3. The fraction of sp³-hybridized carbons (Fsp3) is 0.562. The lowest BCUT2D eigenvalue weighted by molar-refractivity contribution is -0.141. The van der Waals surface area contributed by atoms with E-state index < -0.39 is 5.97 Å². The standard InChI is InChI=1S/C16H22N4O3S/c1-9(16(22)23)4-5-24-7-10-2-3-12(20-10)11-6-17-14-13(11)18-8-19-15(14)21/h6,8-10,12,17,20H,2-5,7H2,1H3,(H,22,23)(H,18,19,21)/t9-,10-,12+/m0/s1. The highest BCUT2D eigenvalue weighted by Gasteiger charge is 2.27. The second-order valence-electron chi connectivity index (χ2n) is 6.30. The van der Waals surface area contributed by atoms with E-state index in [0.29, 0.717) is 18.0 Å². The van der Waals surface area contributed by atoms with Crippen LogP contribution in [0.25, 0.3) is 11.0 Å². The van der Waals surface area contributed by atoms with Gasteiger partial charge < -0.3 is 20.4 Å². The zero-order valence-electron chi connectivity index (χ0n) is 13.5. The van der Waals surface area contributed by atoms with Crippen molar-refractivity contribution < 1.29 is 9.90 Å². The van der Waals surface area contributed by atoms with Crippen molar-refractivity contribution in [2.45, 2.75) is 38.3 Å². The Bertz CT molecular complexity index is 772. The number of H-pyrrole nitrogens is 2. The van der Waals surface area contributed by atoms with Crippen LogP contribution in [-0.4, -0.2) is 43.6 Å². The van der Waals surface area contributed by atoms with Crippen LogP contribution in [0.2, 0.25) is 0 Å². The van der Waals surface area contributed by atoms with Crippen molar-refractivity contribution in [1.29, 1.82) is 0 Å². The molecule has 24 heavy (non-hydrogen) atoms. The second kappa shape index (κ2) is 7.40. The van der Waals surface area contributed by atoms with Crippen LogP contribution in [0.15, 0.2) is 17.3 Å². The van der Waals surface area contributed by atoms with Crippen molar-refractivity contribution in [2.75, 3.05) is 11.5 Å². The average molecular weight is 350 g/mol. The monoisotopic (exact) mass is 350 g/mol. The van der Waals surface area contributed by atoms with Gasteiger partial charge in [0.15, 0.2) is 0 Å². The number of carboxylic acids is 1. The van der Waals surface area contributed by atoms with Crippen LogP contribution < -0.4 is 10.9 Å². The highest BCUT2D eigenvalue weighted by Crippen LogP contribution is 2.31. The van der Waals surface area contributed by atoms with Crippen molar-refractivity contribution in [3.8, 4) is 0 Å². The molecule has 0 aliphatic carbocycles. The zero-order valence-corrected chi connectivity index (χ0v) is 14.4. The van der Waals surface area contributed by atoms with Gasteiger partial charge in [-0.15, -0.1) is 0 Å². The molecule has 0 unspecified atom stereocenters. The molecule has 8 heteroatoms. The Morgan fingerprint density at radius 3 is 3.08 bits per heavy atom. The Kier molecular flexibility index (Phi) is 5.25. The summed E-state index contributed by atoms with van der Waals surface area (Å²) >= 11 is 1.80. The Balaban J connectivity index is 1.53. The molecular formula is C16H22N4O3S. The van der Waals surface area contributed by atoms with Crippen molar-refractivity contribution >= 4 is 28.8 Å². The SMILES string of the molecule is C[C@@H](CCSC[C@@H]1CC[C@H](c2c[nH]c3c(=O)[nH]cnc23)N1)C(=O)O. The summed E-state index contributed by atoms with van der Waals surface area (Å²) in [4.78, 5) is 32.4. The van der Waals surface area contributed by atoms with E-state index in [4.69, 9.17) is 5.11 Å².